The van der Waals surface area contributed by atoms with Crippen LogP contribution in [0.5, 0.6) is 0 Å². The number of nitrogens with one attached hydrogen (secondary N) is 2. The van der Waals surface area contributed by atoms with E-state index in [9.17, 15) is 9.90 Å². The first-order valence-electron chi connectivity index (χ1n) is 6.82. The molecule has 3 N–H and O–H groups in total. The van der Waals surface area contributed by atoms with Crippen LogP contribution in [0.3, 0.4) is 0 Å². The van der Waals surface area contributed by atoms with Crippen molar-refractivity contribution in [3.63, 3.8) is 0 Å². The molecule has 0 radical (unpaired) electrons. The monoisotopic (exact) mass is 287 g/mol. The van der Waals surface area contributed by atoms with Gasteiger partial charge in [0, 0.05) is 18.9 Å². The lowest BCUT2D eigenvalue weighted by Crippen LogP contribution is -2.35. The van der Waals surface area contributed by atoms with E-state index in [1.165, 1.54) is 0 Å². The second-order valence-electron chi connectivity index (χ2n) is 5.09. The van der Waals surface area contributed by atoms with Crippen LogP contribution in [0.25, 0.3) is 5.82 Å². The molecule has 0 saturated carbocycles. The average Bonchev–Trinajstić information content (AvgIpc) is 3.08. The summed E-state index contributed by atoms with van der Waals surface area (Å²) in [6.45, 7) is 2.35. The van der Waals surface area contributed by atoms with Gasteiger partial charge < -0.3 is 15.7 Å². The van der Waals surface area contributed by atoms with E-state index in [2.05, 4.69) is 20.6 Å². The average molecular weight is 287 g/mol. The van der Waals surface area contributed by atoms with Crippen LogP contribution in [0.2, 0.25) is 0 Å². The summed E-state index contributed by atoms with van der Waals surface area (Å²) in [5.74, 6) is 1.45. The SMILES string of the molecule is Cc1nccn1-c1ccc(NC(=O)[C@H]2C[C@H](O)CN2)cn1. The molecule has 0 bridgehead atoms. The van der Waals surface area contributed by atoms with Gasteiger partial charge in [-0.05, 0) is 25.5 Å². The summed E-state index contributed by atoms with van der Waals surface area (Å²) >= 11 is 0. The maximum absolute atomic E-state index is 12.0. The summed E-state index contributed by atoms with van der Waals surface area (Å²) in [5, 5.41) is 15.2. The van der Waals surface area contributed by atoms with Crippen molar-refractivity contribution in [1.82, 2.24) is 19.9 Å². The first-order chi connectivity index (χ1) is 10.1. The van der Waals surface area contributed by atoms with Crippen molar-refractivity contribution < 1.29 is 9.90 Å². The van der Waals surface area contributed by atoms with Gasteiger partial charge in [0.1, 0.15) is 11.6 Å². The highest BCUT2D eigenvalue weighted by Crippen LogP contribution is 2.13. The summed E-state index contributed by atoms with van der Waals surface area (Å²) in [6, 6.07) is 3.27. The Hall–Kier alpha value is -2.25. The maximum Gasteiger partial charge on any atom is 0.241 e. The molecule has 1 saturated heterocycles. The molecule has 3 rings (SSSR count). The standard InChI is InChI=1S/C14H17N5O2/c1-9-15-4-5-19(9)13-3-2-10(7-17-13)18-14(21)12-6-11(20)8-16-12/h2-5,7,11-12,16,20H,6,8H2,1H3,(H,18,21)/t11-,12+/m0/s1. The highest BCUT2D eigenvalue weighted by molar-refractivity contribution is 5.95. The number of β-amino-alcohol motifs (C(OH)–C–C–N with tert-alkyl or cyclic N) is 1. The largest absolute Gasteiger partial charge is 0.392 e. The highest BCUT2D eigenvalue weighted by Gasteiger charge is 2.27. The van der Waals surface area contributed by atoms with E-state index in [-0.39, 0.29) is 11.9 Å². The molecule has 0 spiro atoms. The van der Waals surface area contributed by atoms with Gasteiger partial charge in [0.05, 0.1) is 24.0 Å². The van der Waals surface area contributed by atoms with Crippen LogP contribution in [0.1, 0.15) is 12.2 Å². The van der Waals surface area contributed by atoms with E-state index < -0.39 is 6.10 Å². The molecule has 21 heavy (non-hydrogen) atoms. The summed E-state index contributed by atoms with van der Waals surface area (Å²) in [6.07, 6.45) is 5.14. The molecule has 0 aromatic carbocycles. The Balaban J connectivity index is 1.67. The van der Waals surface area contributed by atoms with Crippen molar-refractivity contribution in [2.45, 2.75) is 25.5 Å². The molecule has 1 fully saturated rings. The number of pyridine rings is 1. The fourth-order valence-corrected chi connectivity index (χ4v) is 2.37. The number of carbonyl (C=O) groups is 1. The number of amides is 1. The van der Waals surface area contributed by atoms with Crippen LogP contribution in [0.15, 0.2) is 30.7 Å². The van der Waals surface area contributed by atoms with Gasteiger partial charge in [-0.15, -0.1) is 0 Å². The van der Waals surface area contributed by atoms with E-state index in [1.54, 1.807) is 18.5 Å². The van der Waals surface area contributed by atoms with Gasteiger partial charge in [0.15, 0.2) is 0 Å². The summed E-state index contributed by atoms with van der Waals surface area (Å²) < 4.78 is 1.86. The van der Waals surface area contributed by atoms with E-state index in [4.69, 9.17) is 0 Å². The van der Waals surface area contributed by atoms with Crippen LogP contribution in [0.4, 0.5) is 5.69 Å². The Kier molecular flexibility index (Phi) is 3.68. The van der Waals surface area contributed by atoms with E-state index in [0.717, 1.165) is 11.6 Å². The number of imidazole rings is 1. The fourth-order valence-electron chi connectivity index (χ4n) is 2.37. The van der Waals surface area contributed by atoms with Crippen molar-refractivity contribution in [3.8, 4) is 5.82 Å². The molecular formula is C14H17N5O2. The van der Waals surface area contributed by atoms with E-state index >= 15 is 0 Å². The topological polar surface area (TPSA) is 92.1 Å². The molecule has 7 heteroatoms. The molecule has 0 unspecified atom stereocenters. The number of aromatic nitrogens is 3. The Morgan fingerprint density at radius 3 is 2.90 bits per heavy atom. The third-order valence-electron chi connectivity index (χ3n) is 3.51. The fraction of sp³-hybridized carbons (Fsp3) is 0.357. The van der Waals surface area contributed by atoms with E-state index in [1.807, 2.05) is 23.8 Å². The van der Waals surface area contributed by atoms with Crippen LogP contribution < -0.4 is 10.6 Å². The Labute approximate surface area is 122 Å². The maximum atomic E-state index is 12.0. The number of hydrogen-bond acceptors (Lipinski definition) is 5. The van der Waals surface area contributed by atoms with Crippen LogP contribution in [-0.2, 0) is 4.79 Å². The Morgan fingerprint density at radius 2 is 2.33 bits per heavy atom. The summed E-state index contributed by atoms with van der Waals surface area (Å²) in [4.78, 5) is 20.5. The number of carbonyl (C=O) groups excluding carboxylic acids is 1. The van der Waals surface area contributed by atoms with Gasteiger partial charge in [-0.1, -0.05) is 0 Å². The lowest BCUT2D eigenvalue weighted by Gasteiger charge is -2.11. The second kappa shape index (κ2) is 5.63. The van der Waals surface area contributed by atoms with Crippen molar-refractivity contribution in [2.24, 2.45) is 0 Å². The van der Waals surface area contributed by atoms with Gasteiger partial charge in [-0.2, -0.15) is 0 Å². The van der Waals surface area contributed by atoms with Gasteiger partial charge in [-0.3, -0.25) is 9.36 Å². The predicted octanol–water partition coefficient (Wildman–Crippen LogP) is 0.237. The molecule has 110 valence electrons. The Bertz CT molecular complexity index is 637. The number of rotatable bonds is 3. The van der Waals surface area contributed by atoms with Crippen molar-refractivity contribution in [2.75, 3.05) is 11.9 Å². The molecule has 2 atom stereocenters. The third kappa shape index (κ3) is 2.93. The molecule has 1 aliphatic rings. The smallest absolute Gasteiger partial charge is 0.241 e. The van der Waals surface area contributed by atoms with Crippen LogP contribution >= 0.6 is 0 Å². The third-order valence-corrected chi connectivity index (χ3v) is 3.51. The van der Waals surface area contributed by atoms with Crippen molar-refractivity contribution in [1.29, 1.82) is 0 Å². The first-order valence-corrected chi connectivity index (χ1v) is 6.82. The predicted molar refractivity (Wildman–Crippen MR) is 77.1 cm³/mol. The summed E-state index contributed by atoms with van der Waals surface area (Å²) in [5.41, 5.74) is 0.629. The Morgan fingerprint density at radius 1 is 1.48 bits per heavy atom. The normalized spacial score (nSPS) is 21.4. The van der Waals surface area contributed by atoms with Crippen LogP contribution in [-0.4, -0.2) is 44.2 Å². The number of aliphatic hydroxyl groups is 1. The molecule has 3 heterocycles. The van der Waals surface area contributed by atoms with Gasteiger partial charge in [-0.25, -0.2) is 9.97 Å². The lowest BCUT2D eigenvalue weighted by atomic mass is 10.2. The number of aryl methyl sites for hydroxylation is 1. The lowest BCUT2D eigenvalue weighted by molar-refractivity contribution is -0.117. The number of nitrogens with zero attached hydrogens (tertiary/aromatic N) is 3. The molecular weight excluding hydrogens is 270 g/mol. The molecule has 0 aliphatic carbocycles. The molecule has 2 aromatic rings. The number of hydrogen-bond donors (Lipinski definition) is 3. The number of aliphatic hydroxyl groups excluding tert-OH is 1. The van der Waals surface area contributed by atoms with Gasteiger partial charge in [0.25, 0.3) is 0 Å². The zero-order chi connectivity index (χ0) is 14.8. The molecule has 1 aliphatic heterocycles. The number of anilines is 1. The molecule has 7 nitrogen and oxygen atoms in total. The zero-order valence-electron chi connectivity index (χ0n) is 11.7. The zero-order valence-corrected chi connectivity index (χ0v) is 11.7. The quantitative estimate of drug-likeness (QED) is 0.752. The van der Waals surface area contributed by atoms with E-state index in [0.29, 0.717) is 18.7 Å². The summed E-state index contributed by atoms with van der Waals surface area (Å²) in [7, 11) is 0. The highest BCUT2D eigenvalue weighted by atomic mass is 16.3. The minimum atomic E-state index is -0.453. The van der Waals surface area contributed by atoms with Gasteiger partial charge in [0.2, 0.25) is 5.91 Å². The minimum absolute atomic E-state index is 0.153. The van der Waals surface area contributed by atoms with Crippen molar-refractivity contribution in [3.05, 3.63) is 36.5 Å². The minimum Gasteiger partial charge on any atom is -0.392 e. The van der Waals surface area contributed by atoms with Crippen LogP contribution in [0, 0.1) is 6.92 Å². The first kappa shape index (κ1) is 13.7. The second-order valence-corrected chi connectivity index (χ2v) is 5.09. The molecule has 1 amide bonds. The van der Waals surface area contributed by atoms with Gasteiger partial charge >= 0.3 is 0 Å². The molecule has 2 aromatic heterocycles. The van der Waals surface area contributed by atoms with Crippen molar-refractivity contribution >= 4 is 11.6 Å².